The number of urea groups is 1. The second-order valence-corrected chi connectivity index (χ2v) is 6.10. The van der Waals surface area contributed by atoms with Crippen molar-refractivity contribution in [2.75, 3.05) is 19.4 Å². The van der Waals surface area contributed by atoms with Crippen LogP contribution in [0.3, 0.4) is 0 Å². The molecule has 0 aliphatic carbocycles. The Morgan fingerprint density at radius 2 is 1.96 bits per heavy atom. The maximum Gasteiger partial charge on any atom is 0.317 e. The maximum absolute atomic E-state index is 12.5. The summed E-state index contributed by atoms with van der Waals surface area (Å²) in [5, 5.41) is 5.58. The molecule has 0 atom stereocenters. The van der Waals surface area contributed by atoms with Crippen molar-refractivity contribution >= 4 is 28.7 Å². The molecule has 0 bridgehead atoms. The highest BCUT2D eigenvalue weighted by atomic mass is 16.2. The molecule has 2 N–H and O–H groups in total. The standard InChI is InChI=1S/C18H20N6O2/c1-23(2)18(26)20-10-14-8-12(6-7-19-14)17(25)22-13-4-5-16-15(9-13)21-11-24(16)3/h4-9,11H,10H2,1-3H3,(H,20,26)(H,22,25). The third-order valence-electron chi connectivity index (χ3n) is 3.89. The molecule has 0 aliphatic heterocycles. The average molecular weight is 352 g/mol. The molecule has 0 saturated heterocycles. The Morgan fingerprint density at radius 1 is 1.15 bits per heavy atom. The number of benzene rings is 1. The van der Waals surface area contributed by atoms with Gasteiger partial charge in [0.05, 0.1) is 29.6 Å². The molecular weight excluding hydrogens is 332 g/mol. The zero-order valence-corrected chi connectivity index (χ0v) is 14.9. The largest absolute Gasteiger partial charge is 0.334 e. The molecule has 0 spiro atoms. The molecule has 3 aromatic rings. The van der Waals surface area contributed by atoms with Crippen LogP contribution < -0.4 is 10.6 Å². The van der Waals surface area contributed by atoms with E-state index in [1.807, 2.05) is 29.8 Å². The highest BCUT2D eigenvalue weighted by molar-refractivity contribution is 6.05. The van der Waals surface area contributed by atoms with Crippen molar-refractivity contribution in [1.29, 1.82) is 0 Å². The number of imidazole rings is 1. The smallest absolute Gasteiger partial charge is 0.317 e. The predicted molar refractivity (Wildman–Crippen MR) is 98.8 cm³/mol. The molecule has 1 aromatic carbocycles. The number of aryl methyl sites for hydroxylation is 1. The van der Waals surface area contributed by atoms with Crippen LogP contribution in [0.5, 0.6) is 0 Å². The summed E-state index contributed by atoms with van der Waals surface area (Å²) in [6, 6.07) is 8.64. The average Bonchev–Trinajstić information content (AvgIpc) is 3.00. The molecule has 2 aromatic heterocycles. The first-order chi connectivity index (χ1) is 12.4. The second-order valence-electron chi connectivity index (χ2n) is 6.10. The van der Waals surface area contributed by atoms with E-state index < -0.39 is 0 Å². The molecule has 0 fully saturated rings. The van der Waals surface area contributed by atoms with Crippen LogP contribution in [0.4, 0.5) is 10.5 Å². The van der Waals surface area contributed by atoms with E-state index >= 15 is 0 Å². The third kappa shape index (κ3) is 3.80. The van der Waals surface area contributed by atoms with Crippen LogP contribution in [-0.2, 0) is 13.6 Å². The highest BCUT2D eigenvalue weighted by Gasteiger charge is 2.10. The number of pyridine rings is 1. The molecule has 0 saturated carbocycles. The molecule has 3 rings (SSSR count). The number of amides is 3. The van der Waals surface area contributed by atoms with Crippen molar-refractivity contribution in [2.24, 2.45) is 7.05 Å². The number of nitrogens with one attached hydrogen (secondary N) is 2. The van der Waals surface area contributed by atoms with E-state index in [4.69, 9.17) is 0 Å². The lowest BCUT2D eigenvalue weighted by atomic mass is 10.2. The van der Waals surface area contributed by atoms with E-state index in [0.717, 1.165) is 11.0 Å². The lowest BCUT2D eigenvalue weighted by molar-refractivity contribution is 0.102. The number of carbonyl (C=O) groups is 2. The van der Waals surface area contributed by atoms with E-state index in [-0.39, 0.29) is 18.5 Å². The number of rotatable bonds is 4. The van der Waals surface area contributed by atoms with Crippen molar-refractivity contribution in [2.45, 2.75) is 6.54 Å². The molecule has 0 radical (unpaired) electrons. The normalized spacial score (nSPS) is 10.6. The third-order valence-corrected chi connectivity index (χ3v) is 3.89. The number of fused-ring (bicyclic) bond motifs is 1. The lowest BCUT2D eigenvalue weighted by Gasteiger charge is -2.12. The van der Waals surface area contributed by atoms with Crippen molar-refractivity contribution in [1.82, 2.24) is 24.8 Å². The summed E-state index contributed by atoms with van der Waals surface area (Å²) in [5.41, 5.74) is 3.54. The first-order valence-corrected chi connectivity index (χ1v) is 8.06. The Bertz CT molecular complexity index is 963. The minimum Gasteiger partial charge on any atom is -0.334 e. The van der Waals surface area contributed by atoms with Gasteiger partial charge in [-0.05, 0) is 30.3 Å². The van der Waals surface area contributed by atoms with Gasteiger partial charge in [0.25, 0.3) is 5.91 Å². The fraction of sp³-hybridized carbons (Fsp3) is 0.222. The van der Waals surface area contributed by atoms with E-state index in [2.05, 4.69) is 20.6 Å². The zero-order valence-electron chi connectivity index (χ0n) is 14.9. The lowest BCUT2D eigenvalue weighted by Crippen LogP contribution is -2.34. The van der Waals surface area contributed by atoms with Gasteiger partial charge in [0.15, 0.2) is 0 Å². The molecule has 2 heterocycles. The fourth-order valence-corrected chi connectivity index (χ4v) is 2.46. The minimum absolute atomic E-state index is 0.217. The van der Waals surface area contributed by atoms with Crippen LogP contribution in [0.15, 0.2) is 42.9 Å². The van der Waals surface area contributed by atoms with Crippen LogP contribution in [0, 0.1) is 0 Å². The van der Waals surface area contributed by atoms with Crippen molar-refractivity contribution < 1.29 is 9.59 Å². The van der Waals surface area contributed by atoms with Crippen molar-refractivity contribution in [3.05, 3.63) is 54.1 Å². The van der Waals surface area contributed by atoms with Crippen LogP contribution in [0.25, 0.3) is 11.0 Å². The Balaban J connectivity index is 1.70. The van der Waals surface area contributed by atoms with Crippen molar-refractivity contribution in [3.8, 4) is 0 Å². The van der Waals surface area contributed by atoms with Gasteiger partial charge in [-0.2, -0.15) is 0 Å². The molecule has 3 amide bonds. The summed E-state index contributed by atoms with van der Waals surface area (Å²) in [5.74, 6) is -0.247. The van der Waals surface area contributed by atoms with E-state index in [9.17, 15) is 9.59 Å². The van der Waals surface area contributed by atoms with Gasteiger partial charge in [-0.3, -0.25) is 9.78 Å². The van der Waals surface area contributed by atoms with Gasteiger partial charge in [-0.25, -0.2) is 9.78 Å². The number of aromatic nitrogens is 3. The van der Waals surface area contributed by atoms with E-state index in [1.165, 1.54) is 4.90 Å². The molecule has 0 aliphatic rings. The van der Waals surface area contributed by atoms with E-state index in [1.54, 1.807) is 38.8 Å². The van der Waals surface area contributed by atoms with Gasteiger partial charge >= 0.3 is 6.03 Å². The monoisotopic (exact) mass is 352 g/mol. The van der Waals surface area contributed by atoms with Crippen LogP contribution in [0.2, 0.25) is 0 Å². The van der Waals surface area contributed by atoms with Gasteiger partial charge < -0.3 is 20.1 Å². The molecule has 134 valence electrons. The second kappa shape index (κ2) is 7.22. The Morgan fingerprint density at radius 3 is 2.73 bits per heavy atom. The Kier molecular flexibility index (Phi) is 4.83. The SMILES string of the molecule is CN(C)C(=O)NCc1cc(C(=O)Nc2ccc3c(c2)ncn3C)ccn1. The van der Waals surface area contributed by atoms with Gasteiger partial charge in [-0.1, -0.05) is 0 Å². The van der Waals surface area contributed by atoms with Crippen molar-refractivity contribution in [3.63, 3.8) is 0 Å². The summed E-state index contributed by atoms with van der Waals surface area (Å²) < 4.78 is 1.91. The first kappa shape index (κ1) is 17.4. The highest BCUT2D eigenvalue weighted by Crippen LogP contribution is 2.18. The predicted octanol–water partition coefficient (Wildman–Crippen LogP) is 1.99. The van der Waals surface area contributed by atoms with Gasteiger partial charge in [0.1, 0.15) is 0 Å². The van der Waals surface area contributed by atoms with Crippen LogP contribution in [-0.4, -0.2) is 45.5 Å². The summed E-state index contributed by atoms with van der Waals surface area (Å²) in [4.78, 5) is 34.0. The van der Waals surface area contributed by atoms with Gasteiger partial charge in [-0.15, -0.1) is 0 Å². The fourth-order valence-electron chi connectivity index (χ4n) is 2.46. The van der Waals surface area contributed by atoms with Crippen LogP contribution >= 0.6 is 0 Å². The van der Waals surface area contributed by atoms with Gasteiger partial charge in [0, 0.05) is 38.6 Å². The number of hydrogen-bond acceptors (Lipinski definition) is 4. The minimum atomic E-state index is -0.247. The summed E-state index contributed by atoms with van der Waals surface area (Å²) in [6.07, 6.45) is 3.28. The Labute approximate surface area is 150 Å². The van der Waals surface area contributed by atoms with E-state index in [0.29, 0.717) is 16.9 Å². The number of hydrogen-bond donors (Lipinski definition) is 2. The first-order valence-electron chi connectivity index (χ1n) is 8.06. The maximum atomic E-state index is 12.5. The van der Waals surface area contributed by atoms with Crippen LogP contribution in [0.1, 0.15) is 16.1 Å². The number of carbonyl (C=O) groups excluding carboxylic acids is 2. The van der Waals surface area contributed by atoms with Gasteiger partial charge in [0.2, 0.25) is 0 Å². The molecule has 0 unspecified atom stereocenters. The molecular formula is C18H20N6O2. The number of nitrogens with zero attached hydrogens (tertiary/aromatic N) is 4. The Hall–Kier alpha value is -3.42. The quantitative estimate of drug-likeness (QED) is 0.751. The molecule has 8 heteroatoms. The molecule has 8 nitrogen and oxygen atoms in total. The molecule has 26 heavy (non-hydrogen) atoms. The number of anilines is 1. The summed E-state index contributed by atoms with van der Waals surface area (Å²) in [7, 11) is 5.23. The zero-order chi connectivity index (χ0) is 18.7. The summed E-state index contributed by atoms with van der Waals surface area (Å²) >= 11 is 0. The topological polar surface area (TPSA) is 92.2 Å². The summed E-state index contributed by atoms with van der Waals surface area (Å²) in [6.45, 7) is 0.248.